The first-order valence-corrected chi connectivity index (χ1v) is 13.1. The van der Waals surface area contributed by atoms with Crippen molar-refractivity contribution in [1.82, 2.24) is 10.2 Å². The van der Waals surface area contributed by atoms with Crippen LogP contribution in [0, 0.1) is 5.82 Å². The predicted octanol–water partition coefficient (Wildman–Crippen LogP) is 4.01. The predicted molar refractivity (Wildman–Crippen MR) is 145 cm³/mol. The molecular weight excluding hydrogens is 533 g/mol. The number of alkyl halides is 2. The third-order valence-corrected chi connectivity index (χ3v) is 7.13. The van der Waals surface area contributed by atoms with Crippen LogP contribution in [0.25, 0.3) is 0 Å². The van der Waals surface area contributed by atoms with E-state index in [0.717, 1.165) is 24.2 Å². The van der Waals surface area contributed by atoms with Gasteiger partial charge >= 0.3 is 6.09 Å². The second-order valence-electron chi connectivity index (χ2n) is 9.37. The molecule has 4 rings (SSSR count). The zero-order chi connectivity index (χ0) is 27.9. The Kier molecular flexibility index (Phi) is 9.50. The Balaban J connectivity index is 1.24. The van der Waals surface area contributed by atoms with Crippen LogP contribution >= 0.6 is 12.2 Å². The number of anilines is 2. The van der Waals surface area contributed by atoms with E-state index in [1.807, 2.05) is 34.1 Å². The summed E-state index contributed by atoms with van der Waals surface area (Å²) in [6.45, 7) is 1.99. The molecule has 0 bridgehead atoms. The van der Waals surface area contributed by atoms with Gasteiger partial charge in [0.25, 0.3) is 6.43 Å². The summed E-state index contributed by atoms with van der Waals surface area (Å²) in [4.78, 5) is 29.3. The molecule has 12 heteroatoms. The van der Waals surface area contributed by atoms with Gasteiger partial charge in [-0.05, 0) is 48.7 Å². The van der Waals surface area contributed by atoms with Gasteiger partial charge in [-0.2, -0.15) is 0 Å². The van der Waals surface area contributed by atoms with E-state index in [-0.39, 0.29) is 19.0 Å². The van der Waals surface area contributed by atoms with Crippen molar-refractivity contribution in [2.45, 2.75) is 31.8 Å². The summed E-state index contributed by atoms with van der Waals surface area (Å²) in [7, 11) is 1.62. The number of hydrogen-bond donors (Lipinski definition) is 1. The van der Waals surface area contributed by atoms with Gasteiger partial charge in [0.05, 0.1) is 31.6 Å². The molecule has 8 nitrogen and oxygen atoms in total. The van der Waals surface area contributed by atoms with Gasteiger partial charge in [-0.1, -0.05) is 24.4 Å². The number of halogens is 3. The van der Waals surface area contributed by atoms with Crippen LogP contribution in [0.3, 0.4) is 0 Å². The van der Waals surface area contributed by atoms with E-state index in [0.29, 0.717) is 44.0 Å². The van der Waals surface area contributed by atoms with Gasteiger partial charge in [0, 0.05) is 32.6 Å². The highest BCUT2D eigenvalue weighted by molar-refractivity contribution is 7.80. The Bertz CT molecular complexity index is 1180. The fourth-order valence-corrected chi connectivity index (χ4v) is 4.72. The lowest BCUT2D eigenvalue weighted by Crippen LogP contribution is -2.49. The summed E-state index contributed by atoms with van der Waals surface area (Å²) in [5, 5.41) is 2.38. The number of piperazine rings is 1. The molecule has 39 heavy (non-hydrogen) atoms. The second kappa shape index (κ2) is 13.0. The lowest BCUT2D eigenvalue weighted by Gasteiger charge is -2.36. The topological polar surface area (TPSA) is 74.3 Å². The third-order valence-electron chi connectivity index (χ3n) is 6.81. The molecule has 0 aromatic heterocycles. The van der Waals surface area contributed by atoms with E-state index in [2.05, 4.69) is 17.5 Å². The van der Waals surface area contributed by atoms with E-state index in [1.165, 1.54) is 11.0 Å². The quantitative estimate of drug-likeness (QED) is 0.437. The highest BCUT2D eigenvalue weighted by Crippen LogP contribution is 2.28. The highest BCUT2D eigenvalue weighted by atomic mass is 32.1. The van der Waals surface area contributed by atoms with Crippen LogP contribution in [0.2, 0.25) is 0 Å². The fourth-order valence-electron chi connectivity index (χ4n) is 4.64. The molecule has 2 fully saturated rings. The van der Waals surface area contributed by atoms with E-state index in [1.54, 1.807) is 19.2 Å². The molecule has 210 valence electrons. The van der Waals surface area contributed by atoms with Crippen LogP contribution < -0.4 is 19.9 Å². The number of carbonyl (C=O) groups is 2. The van der Waals surface area contributed by atoms with Gasteiger partial charge in [-0.25, -0.2) is 18.0 Å². The van der Waals surface area contributed by atoms with Crippen LogP contribution in [-0.2, 0) is 16.0 Å². The first kappa shape index (κ1) is 28.5. The third kappa shape index (κ3) is 7.31. The zero-order valence-electron chi connectivity index (χ0n) is 21.6. The number of thiocarbonyl (C=S) groups is 1. The molecule has 0 spiro atoms. The maximum atomic E-state index is 15.1. The maximum absolute atomic E-state index is 15.1. The molecule has 2 aromatic carbocycles. The minimum atomic E-state index is -2.79. The van der Waals surface area contributed by atoms with Gasteiger partial charge in [-0.3, -0.25) is 9.69 Å². The van der Waals surface area contributed by atoms with Gasteiger partial charge in [-0.15, -0.1) is 0 Å². The summed E-state index contributed by atoms with van der Waals surface area (Å²) in [6, 6.07) is 12.3. The Morgan fingerprint density at radius 2 is 1.87 bits per heavy atom. The second-order valence-corrected chi connectivity index (χ2v) is 9.81. The molecule has 2 aliphatic heterocycles. The number of benzene rings is 2. The van der Waals surface area contributed by atoms with E-state index >= 15 is 4.39 Å². The summed E-state index contributed by atoms with van der Waals surface area (Å²) >= 11 is 4.53. The molecule has 1 atom stereocenters. The molecule has 1 unspecified atom stereocenters. The molecule has 2 aromatic rings. The van der Waals surface area contributed by atoms with Crippen LogP contribution in [0.4, 0.5) is 29.3 Å². The van der Waals surface area contributed by atoms with Crippen molar-refractivity contribution >= 4 is 40.6 Å². The Labute approximate surface area is 230 Å². The number of hydrogen-bond acceptors (Lipinski definition) is 6. The molecule has 2 saturated heterocycles. The number of nitrogens with zero attached hydrogens (tertiary/aromatic N) is 3. The average molecular weight is 565 g/mol. The monoisotopic (exact) mass is 564 g/mol. The number of aryl methyl sites for hydroxylation is 1. The minimum absolute atomic E-state index is 0.0591. The first-order valence-electron chi connectivity index (χ1n) is 12.7. The van der Waals surface area contributed by atoms with Crippen molar-refractivity contribution in [3.05, 3.63) is 53.8 Å². The summed E-state index contributed by atoms with van der Waals surface area (Å²) in [5.74, 6) is 0.388. The summed E-state index contributed by atoms with van der Waals surface area (Å²) in [5.41, 5.74) is 1.85. The fraction of sp³-hybridized carbons (Fsp3) is 0.444. The smallest absolute Gasteiger partial charge is 0.414 e. The van der Waals surface area contributed by atoms with E-state index in [9.17, 15) is 18.4 Å². The molecule has 0 aliphatic carbocycles. The Morgan fingerprint density at radius 3 is 2.51 bits per heavy atom. The van der Waals surface area contributed by atoms with Crippen LogP contribution in [0.15, 0.2) is 42.5 Å². The number of ether oxygens (including phenoxy) is 2. The number of nitrogens with one attached hydrogen (secondary N) is 1. The number of rotatable bonds is 10. The zero-order valence-corrected chi connectivity index (χ0v) is 22.4. The Hall–Kier alpha value is -3.54. The van der Waals surface area contributed by atoms with Crippen molar-refractivity contribution in [3.8, 4) is 5.75 Å². The highest BCUT2D eigenvalue weighted by Gasteiger charge is 2.33. The van der Waals surface area contributed by atoms with Crippen molar-refractivity contribution in [2.75, 3.05) is 56.2 Å². The average Bonchev–Trinajstić information content (AvgIpc) is 3.32. The molecule has 2 amide bonds. The van der Waals surface area contributed by atoms with E-state index in [4.69, 9.17) is 9.47 Å². The number of amides is 2. The number of methoxy groups -OCH3 is 1. The van der Waals surface area contributed by atoms with Crippen molar-refractivity contribution < 1.29 is 32.2 Å². The largest absolute Gasteiger partial charge is 0.497 e. The standard InChI is InChI=1S/C27H31F3N4O4S/c1-37-20-8-5-18(6-9-20)3-2-4-24(35)33-13-11-32(12-14-33)23-10-7-19(15-22(23)28)34-17-21(38-27(34)36)16-31-26(39)25(29)30/h5-10,15,21,25H,2-4,11-14,16-17H2,1H3,(H,31,39). The molecule has 2 aliphatic rings. The van der Waals surface area contributed by atoms with E-state index < -0.39 is 29.4 Å². The molecule has 2 heterocycles. The Morgan fingerprint density at radius 1 is 1.15 bits per heavy atom. The van der Waals surface area contributed by atoms with Crippen molar-refractivity contribution in [1.29, 1.82) is 0 Å². The molecule has 1 N–H and O–H groups in total. The maximum Gasteiger partial charge on any atom is 0.414 e. The van der Waals surface area contributed by atoms with Gasteiger partial charge < -0.3 is 24.6 Å². The van der Waals surface area contributed by atoms with Crippen molar-refractivity contribution in [2.24, 2.45) is 0 Å². The lowest BCUT2D eigenvalue weighted by atomic mass is 10.1. The molecular formula is C27H31F3N4O4S. The van der Waals surface area contributed by atoms with Gasteiger partial charge in [0.1, 0.15) is 22.7 Å². The molecule has 0 radical (unpaired) electrons. The summed E-state index contributed by atoms with van der Waals surface area (Å²) in [6.07, 6.45) is -2.17. The van der Waals surface area contributed by atoms with Crippen LogP contribution in [-0.4, -0.2) is 80.8 Å². The lowest BCUT2D eigenvalue weighted by molar-refractivity contribution is -0.131. The first-order chi connectivity index (χ1) is 18.7. The summed E-state index contributed by atoms with van der Waals surface area (Å²) < 4.78 is 50.5. The van der Waals surface area contributed by atoms with Crippen molar-refractivity contribution in [3.63, 3.8) is 0 Å². The molecule has 0 saturated carbocycles. The minimum Gasteiger partial charge on any atom is -0.497 e. The number of cyclic esters (lactones) is 1. The SMILES string of the molecule is COc1ccc(CCCC(=O)N2CCN(c3ccc(N4CC(CNC(=S)C(F)F)OC4=O)cc3F)CC2)cc1. The normalized spacial score (nSPS) is 17.4. The van der Waals surface area contributed by atoms with Crippen LogP contribution in [0.1, 0.15) is 18.4 Å². The van der Waals surface area contributed by atoms with Gasteiger partial charge in [0.15, 0.2) is 0 Å². The van der Waals surface area contributed by atoms with Crippen LogP contribution in [0.5, 0.6) is 5.75 Å². The number of carbonyl (C=O) groups excluding carboxylic acids is 2. The van der Waals surface area contributed by atoms with Gasteiger partial charge in [0.2, 0.25) is 5.91 Å².